The third-order valence-electron chi connectivity index (χ3n) is 4.04. The molecule has 0 spiro atoms. The number of imidazole rings is 1. The van der Waals surface area contributed by atoms with E-state index in [-0.39, 0.29) is 6.61 Å². The molecular weight excluding hydrogens is 357 g/mol. The molecule has 0 saturated heterocycles. The number of hydrogen-bond acceptors (Lipinski definition) is 3. The summed E-state index contributed by atoms with van der Waals surface area (Å²) in [5.41, 5.74) is 4.00. The summed E-state index contributed by atoms with van der Waals surface area (Å²) in [6.07, 6.45) is 5.31. The molecule has 0 saturated carbocycles. The Morgan fingerprint density at radius 2 is 1.96 bits per heavy atom. The van der Waals surface area contributed by atoms with Crippen molar-refractivity contribution in [3.63, 3.8) is 0 Å². The lowest BCUT2D eigenvalue weighted by molar-refractivity contribution is 0.282. The molecule has 0 aliphatic rings. The summed E-state index contributed by atoms with van der Waals surface area (Å²) in [6, 6.07) is 13.3. The van der Waals surface area contributed by atoms with Crippen LogP contribution in [0.4, 0.5) is 0 Å². The SMILES string of the molecule is OCc1cccc(-c2cc(-n3ccnc3)c3ccc(Cl)c(Cl)c3n2)c1. The summed E-state index contributed by atoms with van der Waals surface area (Å²) in [7, 11) is 0. The Morgan fingerprint density at radius 1 is 1.08 bits per heavy atom. The van der Waals surface area contributed by atoms with Crippen molar-refractivity contribution in [1.82, 2.24) is 14.5 Å². The highest BCUT2D eigenvalue weighted by Crippen LogP contribution is 2.35. The van der Waals surface area contributed by atoms with Crippen molar-refractivity contribution < 1.29 is 5.11 Å². The molecule has 0 atom stereocenters. The second-order valence-corrected chi connectivity index (χ2v) is 6.40. The van der Waals surface area contributed by atoms with Crippen LogP contribution in [0.5, 0.6) is 0 Å². The van der Waals surface area contributed by atoms with Crippen LogP contribution < -0.4 is 0 Å². The van der Waals surface area contributed by atoms with Gasteiger partial charge in [-0.2, -0.15) is 0 Å². The molecular formula is C19H13Cl2N3O. The number of hydrogen-bond donors (Lipinski definition) is 1. The molecule has 4 aromatic rings. The number of aliphatic hydroxyl groups is 1. The lowest BCUT2D eigenvalue weighted by Crippen LogP contribution is -1.97. The maximum absolute atomic E-state index is 9.39. The van der Waals surface area contributed by atoms with Gasteiger partial charge in [0.1, 0.15) is 0 Å². The van der Waals surface area contributed by atoms with Gasteiger partial charge >= 0.3 is 0 Å². The minimum absolute atomic E-state index is 0.0254. The number of pyridine rings is 1. The molecule has 0 radical (unpaired) electrons. The average molecular weight is 370 g/mol. The zero-order valence-electron chi connectivity index (χ0n) is 13.0. The lowest BCUT2D eigenvalue weighted by atomic mass is 10.1. The van der Waals surface area contributed by atoms with Gasteiger partial charge in [-0.25, -0.2) is 9.97 Å². The molecule has 25 heavy (non-hydrogen) atoms. The fourth-order valence-corrected chi connectivity index (χ4v) is 3.17. The maximum atomic E-state index is 9.39. The highest BCUT2D eigenvalue weighted by Gasteiger charge is 2.13. The number of fused-ring (bicyclic) bond motifs is 1. The Bertz CT molecular complexity index is 1060. The average Bonchev–Trinajstić information content (AvgIpc) is 3.18. The van der Waals surface area contributed by atoms with E-state index in [1.165, 1.54) is 0 Å². The number of benzene rings is 2. The summed E-state index contributed by atoms with van der Waals surface area (Å²) >= 11 is 12.6. The quantitative estimate of drug-likeness (QED) is 0.559. The predicted molar refractivity (Wildman–Crippen MR) is 100 cm³/mol. The molecule has 1 N–H and O–H groups in total. The molecule has 124 valence electrons. The predicted octanol–water partition coefficient (Wildman–Crippen LogP) is 4.89. The molecule has 0 fully saturated rings. The largest absolute Gasteiger partial charge is 0.392 e. The van der Waals surface area contributed by atoms with Crippen LogP contribution in [-0.2, 0) is 6.61 Å². The summed E-state index contributed by atoms with van der Waals surface area (Å²) in [5, 5.41) is 11.2. The van der Waals surface area contributed by atoms with Gasteiger partial charge in [0.2, 0.25) is 0 Å². The van der Waals surface area contributed by atoms with Crippen LogP contribution in [0, 0.1) is 0 Å². The van der Waals surface area contributed by atoms with E-state index in [9.17, 15) is 5.11 Å². The Balaban J connectivity index is 2.04. The van der Waals surface area contributed by atoms with Crippen molar-refractivity contribution in [2.24, 2.45) is 0 Å². The topological polar surface area (TPSA) is 50.9 Å². The van der Waals surface area contributed by atoms with Crippen LogP contribution in [0.2, 0.25) is 10.0 Å². The van der Waals surface area contributed by atoms with Crippen molar-refractivity contribution in [2.45, 2.75) is 6.61 Å². The second kappa shape index (κ2) is 6.48. The van der Waals surface area contributed by atoms with Gasteiger partial charge in [-0.1, -0.05) is 41.4 Å². The summed E-state index contributed by atoms with van der Waals surface area (Å²) < 4.78 is 1.91. The summed E-state index contributed by atoms with van der Waals surface area (Å²) in [4.78, 5) is 8.85. The molecule has 4 rings (SSSR count). The van der Waals surface area contributed by atoms with Crippen molar-refractivity contribution in [3.8, 4) is 16.9 Å². The zero-order chi connectivity index (χ0) is 17.4. The van der Waals surface area contributed by atoms with E-state index in [1.807, 2.05) is 47.2 Å². The molecule has 2 heterocycles. The van der Waals surface area contributed by atoms with E-state index >= 15 is 0 Å². The van der Waals surface area contributed by atoms with E-state index in [2.05, 4.69) is 4.98 Å². The van der Waals surface area contributed by atoms with Gasteiger partial charge in [0, 0.05) is 23.3 Å². The van der Waals surface area contributed by atoms with Gasteiger partial charge in [-0.15, -0.1) is 0 Å². The number of aromatic nitrogens is 3. The maximum Gasteiger partial charge on any atom is 0.0991 e. The van der Waals surface area contributed by atoms with Crippen molar-refractivity contribution in [1.29, 1.82) is 0 Å². The fourth-order valence-electron chi connectivity index (χ4n) is 2.81. The Hall–Kier alpha value is -2.40. The van der Waals surface area contributed by atoms with Crippen molar-refractivity contribution >= 4 is 34.1 Å². The van der Waals surface area contributed by atoms with Gasteiger partial charge in [0.05, 0.1) is 39.9 Å². The third-order valence-corrected chi connectivity index (χ3v) is 4.83. The minimum Gasteiger partial charge on any atom is -0.392 e. The molecule has 6 heteroatoms. The van der Waals surface area contributed by atoms with Crippen LogP contribution >= 0.6 is 23.2 Å². The standard InChI is InChI=1S/C19H13Cl2N3O/c20-15-5-4-14-17(24-7-6-22-11-24)9-16(23-19(14)18(15)21)13-3-1-2-12(8-13)10-25/h1-9,11,25H,10H2. The first-order valence-electron chi connectivity index (χ1n) is 7.64. The number of rotatable bonds is 3. The van der Waals surface area contributed by atoms with E-state index < -0.39 is 0 Å². The molecule has 0 amide bonds. The monoisotopic (exact) mass is 369 g/mol. The Morgan fingerprint density at radius 3 is 2.72 bits per heavy atom. The molecule has 0 aliphatic carbocycles. The van der Waals surface area contributed by atoms with Crippen LogP contribution in [0.1, 0.15) is 5.56 Å². The lowest BCUT2D eigenvalue weighted by Gasteiger charge is -2.12. The van der Waals surface area contributed by atoms with Crippen LogP contribution in [0.3, 0.4) is 0 Å². The Labute approximate surface area is 154 Å². The van der Waals surface area contributed by atoms with Gasteiger partial charge in [0.25, 0.3) is 0 Å². The number of aliphatic hydroxyl groups excluding tert-OH is 1. The highest BCUT2D eigenvalue weighted by atomic mass is 35.5. The molecule has 2 aromatic heterocycles. The highest BCUT2D eigenvalue weighted by molar-refractivity contribution is 6.45. The van der Waals surface area contributed by atoms with Crippen LogP contribution in [0.25, 0.3) is 27.8 Å². The first-order valence-corrected chi connectivity index (χ1v) is 8.40. The summed E-state index contributed by atoms with van der Waals surface area (Å²) in [6.45, 7) is -0.0254. The van der Waals surface area contributed by atoms with E-state index in [1.54, 1.807) is 18.6 Å². The fraction of sp³-hybridized carbons (Fsp3) is 0.0526. The van der Waals surface area contributed by atoms with Crippen LogP contribution in [-0.4, -0.2) is 19.6 Å². The first-order chi connectivity index (χ1) is 12.2. The molecule has 0 bridgehead atoms. The zero-order valence-corrected chi connectivity index (χ0v) is 14.5. The summed E-state index contributed by atoms with van der Waals surface area (Å²) in [5.74, 6) is 0. The van der Waals surface area contributed by atoms with Crippen molar-refractivity contribution in [3.05, 3.63) is 76.8 Å². The van der Waals surface area contributed by atoms with Gasteiger partial charge in [-0.3, -0.25) is 0 Å². The first kappa shape index (κ1) is 16.1. The normalized spacial score (nSPS) is 11.2. The minimum atomic E-state index is -0.0254. The molecule has 0 aliphatic heterocycles. The van der Waals surface area contributed by atoms with Gasteiger partial charge in [0.15, 0.2) is 0 Å². The second-order valence-electron chi connectivity index (χ2n) is 5.61. The van der Waals surface area contributed by atoms with Gasteiger partial charge in [-0.05, 0) is 29.8 Å². The van der Waals surface area contributed by atoms with E-state index in [4.69, 9.17) is 28.2 Å². The molecule has 0 unspecified atom stereocenters. The number of nitrogens with zero attached hydrogens (tertiary/aromatic N) is 3. The number of halogens is 2. The van der Waals surface area contributed by atoms with Crippen LogP contribution in [0.15, 0.2) is 61.2 Å². The smallest absolute Gasteiger partial charge is 0.0991 e. The molecule has 4 nitrogen and oxygen atoms in total. The van der Waals surface area contributed by atoms with Crippen molar-refractivity contribution in [2.75, 3.05) is 0 Å². The van der Waals surface area contributed by atoms with Gasteiger partial charge < -0.3 is 9.67 Å². The van der Waals surface area contributed by atoms with E-state index in [0.717, 1.165) is 27.9 Å². The molecule has 2 aromatic carbocycles. The Kier molecular flexibility index (Phi) is 4.17. The third kappa shape index (κ3) is 2.89. The van der Waals surface area contributed by atoms with E-state index in [0.29, 0.717) is 15.6 Å².